The molecule has 0 fully saturated rings. The van der Waals surface area contributed by atoms with E-state index in [9.17, 15) is 14.3 Å². The Morgan fingerprint density at radius 1 is 1.20 bits per heavy atom. The minimum absolute atomic E-state index is 0.157. The zero-order valence-electron chi connectivity index (χ0n) is 14.4. The Hall–Kier alpha value is -2.84. The molecule has 25 heavy (non-hydrogen) atoms. The fourth-order valence-electron chi connectivity index (χ4n) is 1.97. The Morgan fingerprint density at radius 2 is 1.88 bits per heavy atom. The van der Waals surface area contributed by atoms with Gasteiger partial charge in [-0.05, 0) is 50.2 Å². The predicted molar refractivity (Wildman–Crippen MR) is 94.0 cm³/mol. The van der Waals surface area contributed by atoms with E-state index in [-0.39, 0.29) is 18.0 Å². The van der Waals surface area contributed by atoms with Crippen molar-refractivity contribution in [2.75, 3.05) is 13.7 Å². The van der Waals surface area contributed by atoms with Gasteiger partial charge < -0.3 is 15.2 Å². The summed E-state index contributed by atoms with van der Waals surface area (Å²) in [5, 5.41) is 12.3. The number of methoxy groups -OCH3 is 1. The van der Waals surface area contributed by atoms with Gasteiger partial charge in [0.15, 0.2) is 0 Å². The van der Waals surface area contributed by atoms with Crippen LogP contribution >= 0.6 is 0 Å². The topological polar surface area (TPSA) is 58.6 Å². The van der Waals surface area contributed by atoms with Gasteiger partial charge in [-0.3, -0.25) is 4.79 Å². The molecule has 130 valence electrons. The van der Waals surface area contributed by atoms with Crippen LogP contribution in [0.25, 0.3) is 0 Å². The maximum Gasteiger partial charge on any atom is 0.251 e. The molecule has 2 aromatic rings. The summed E-state index contributed by atoms with van der Waals surface area (Å²) in [6.45, 7) is 3.39. The molecule has 4 nitrogen and oxygen atoms in total. The highest BCUT2D eigenvalue weighted by atomic mass is 19.1. The van der Waals surface area contributed by atoms with E-state index < -0.39 is 11.4 Å². The van der Waals surface area contributed by atoms with Crippen LogP contribution < -0.4 is 10.1 Å². The van der Waals surface area contributed by atoms with E-state index in [0.717, 1.165) is 0 Å². The summed E-state index contributed by atoms with van der Waals surface area (Å²) in [6, 6.07) is 11.1. The first-order valence-corrected chi connectivity index (χ1v) is 7.75. The van der Waals surface area contributed by atoms with E-state index in [0.29, 0.717) is 16.9 Å². The lowest BCUT2D eigenvalue weighted by atomic mass is 10.1. The van der Waals surface area contributed by atoms with Crippen LogP contribution in [0.15, 0.2) is 42.5 Å². The van der Waals surface area contributed by atoms with Crippen molar-refractivity contribution < 1.29 is 19.0 Å². The maximum absolute atomic E-state index is 13.8. The first kappa shape index (κ1) is 18.5. The van der Waals surface area contributed by atoms with Gasteiger partial charge in [-0.2, -0.15) is 0 Å². The summed E-state index contributed by atoms with van der Waals surface area (Å²) >= 11 is 0. The maximum atomic E-state index is 13.8. The number of ether oxygens (including phenoxy) is 1. The molecule has 0 saturated carbocycles. The van der Waals surface area contributed by atoms with Gasteiger partial charge in [-0.15, -0.1) is 0 Å². The standard InChI is InChI=1S/C20H20FNO3/c1-20(2,24)13-22-19(23)16-8-5-14(6-9-16)4-7-15-10-11-17(25-3)12-18(15)21/h5-6,8-12,24H,13H2,1-3H3,(H,22,23). The van der Waals surface area contributed by atoms with Crippen LogP contribution in [0.3, 0.4) is 0 Å². The lowest BCUT2D eigenvalue weighted by Gasteiger charge is -2.17. The van der Waals surface area contributed by atoms with Crippen molar-refractivity contribution in [2.24, 2.45) is 0 Å². The highest BCUT2D eigenvalue weighted by Gasteiger charge is 2.14. The molecular weight excluding hydrogens is 321 g/mol. The zero-order chi connectivity index (χ0) is 18.4. The van der Waals surface area contributed by atoms with Gasteiger partial charge in [0.25, 0.3) is 5.91 Å². The van der Waals surface area contributed by atoms with Crippen molar-refractivity contribution >= 4 is 5.91 Å². The first-order chi connectivity index (χ1) is 11.8. The van der Waals surface area contributed by atoms with Crippen LogP contribution in [0, 0.1) is 17.7 Å². The Kier molecular flexibility index (Phi) is 5.79. The predicted octanol–water partition coefficient (Wildman–Crippen LogP) is 2.73. The van der Waals surface area contributed by atoms with Crippen molar-refractivity contribution in [1.29, 1.82) is 0 Å². The van der Waals surface area contributed by atoms with Crippen LogP contribution in [0.4, 0.5) is 4.39 Å². The summed E-state index contributed by atoms with van der Waals surface area (Å²) in [5.74, 6) is 5.33. The van der Waals surface area contributed by atoms with Crippen LogP contribution in [0.1, 0.15) is 35.3 Å². The Bertz CT molecular complexity index is 812. The lowest BCUT2D eigenvalue weighted by molar-refractivity contribution is 0.0694. The smallest absolute Gasteiger partial charge is 0.251 e. The second kappa shape index (κ2) is 7.82. The normalized spacial score (nSPS) is 10.6. The van der Waals surface area contributed by atoms with Crippen LogP contribution in [-0.2, 0) is 0 Å². The molecule has 0 unspecified atom stereocenters. The third-order valence-corrected chi connectivity index (χ3v) is 3.35. The van der Waals surface area contributed by atoms with Crippen molar-refractivity contribution in [3.05, 3.63) is 65.0 Å². The van der Waals surface area contributed by atoms with E-state index in [1.165, 1.54) is 13.2 Å². The molecule has 2 N–H and O–H groups in total. The summed E-state index contributed by atoms with van der Waals surface area (Å²) < 4.78 is 18.8. The van der Waals surface area contributed by atoms with E-state index in [1.54, 1.807) is 50.2 Å². The van der Waals surface area contributed by atoms with E-state index in [1.807, 2.05) is 0 Å². The molecule has 0 bridgehead atoms. The molecule has 2 rings (SSSR count). The largest absolute Gasteiger partial charge is 0.497 e. The third kappa shape index (κ3) is 5.63. The fraction of sp³-hybridized carbons (Fsp3) is 0.250. The molecule has 0 saturated heterocycles. The number of carbonyl (C=O) groups is 1. The van der Waals surface area contributed by atoms with Crippen molar-refractivity contribution in [3.8, 4) is 17.6 Å². The molecule has 2 aromatic carbocycles. The number of nitrogens with one attached hydrogen (secondary N) is 1. The van der Waals surface area contributed by atoms with Crippen molar-refractivity contribution in [3.63, 3.8) is 0 Å². The van der Waals surface area contributed by atoms with Gasteiger partial charge in [0.05, 0.1) is 18.3 Å². The average Bonchev–Trinajstić information content (AvgIpc) is 2.58. The minimum atomic E-state index is -0.969. The average molecular weight is 341 g/mol. The Morgan fingerprint density at radius 3 is 2.44 bits per heavy atom. The zero-order valence-corrected chi connectivity index (χ0v) is 14.4. The van der Waals surface area contributed by atoms with Gasteiger partial charge >= 0.3 is 0 Å². The monoisotopic (exact) mass is 341 g/mol. The lowest BCUT2D eigenvalue weighted by Crippen LogP contribution is -2.38. The number of amides is 1. The van der Waals surface area contributed by atoms with E-state index in [4.69, 9.17) is 4.74 Å². The molecule has 0 aromatic heterocycles. The molecule has 0 aliphatic rings. The molecule has 0 spiro atoms. The molecule has 5 heteroatoms. The van der Waals surface area contributed by atoms with Crippen molar-refractivity contribution in [1.82, 2.24) is 5.32 Å². The number of aliphatic hydroxyl groups is 1. The minimum Gasteiger partial charge on any atom is -0.497 e. The number of rotatable bonds is 4. The molecule has 0 aliphatic heterocycles. The molecular formula is C20H20FNO3. The van der Waals surface area contributed by atoms with E-state index >= 15 is 0 Å². The first-order valence-electron chi connectivity index (χ1n) is 7.75. The summed E-state index contributed by atoms with van der Waals surface area (Å²) in [5.41, 5.74) is 0.427. The highest BCUT2D eigenvalue weighted by molar-refractivity contribution is 5.94. The van der Waals surface area contributed by atoms with Crippen LogP contribution in [0.2, 0.25) is 0 Å². The summed E-state index contributed by atoms with van der Waals surface area (Å²) in [6.07, 6.45) is 0. The SMILES string of the molecule is COc1ccc(C#Cc2ccc(C(=O)NCC(C)(C)O)cc2)c(F)c1. The molecule has 1 amide bonds. The molecule has 0 aliphatic carbocycles. The number of halogens is 1. The Balaban J connectivity index is 2.07. The summed E-state index contributed by atoms with van der Waals surface area (Å²) in [4.78, 5) is 12.0. The number of benzene rings is 2. The highest BCUT2D eigenvalue weighted by Crippen LogP contribution is 2.15. The number of hydrogen-bond acceptors (Lipinski definition) is 3. The fourth-order valence-corrected chi connectivity index (χ4v) is 1.97. The van der Waals surface area contributed by atoms with Gasteiger partial charge in [0, 0.05) is 23.7 Å². The molecule has 0 atom stereocenters. The second-order valence-electron chi connectivity index (χ2n) is 6.17. The van der Waals surface area contributed by atoms with Gasteiger partial charge in [-0.25, -0.2) is 4.39 Å². The second-order valence-corrected chi connectivity index (χ2v) is 6.17. The van der Waals surface area contributed by atoms with Gasteiger partial charge in [-0.1, -0.05) is 11.8 Å². The van der Waals surface area contributed by atoms with Gasteiger partial charge in [0.2, 0.25) is 0 Å². The van der Waals surface area contributed by atoms with Crippen LogP contribution in [0.5, 0.6) is 5.75 Å². The van der Waals surface area contributed by atoms with Crippen molar-refractivity contribution in [2.45, 2.75) is 19.4 Å². The number of hydrogen-bond donors (Lipinski definition) is 2. The van der Waals surface area contributed by atoms with Crippen LogP contribution in [-0.4, -0.2) is 30.3 Å². The Labute approximate surface area is 146 Å². The molecule has 0 heterocycles. The van der Waals surface area contributed by atoms with Gasteiger partial charge in [0.1, 0.15) is 11.6 Å². The number of carbonyl (C=O) groups excluding carboxylic acids is 1. The molecule has 0 radical (unpaired) electrons. The quantitative estimate of drug-likeness (QED) is 0.841. The summed E-state index contributed by atoms with van der Waals surface area (Å²) in [7, 11) is 1.47. The van der Waals surface area contributed by atoms with E-state index in [2.05, 4.69) is 17.2 Å². The third-order valence-electron chi connectivity index (χ3n) is 3.35.